The number of aliphatic hydroxyl groups excluding tert-OH is 2. The molecule has 0 rings (SSSR count). The number of allylic oxidation sites excluding steroid dienone is 2. The number of aliphatic hydroxyl groups is 2. The van der Waals surface area contributed by atoms with Crippen LogP contribution in [0, 0.1) is 0 Å². The van der Waals surface area contributed by atoms with E-state index < -0.39 is 18.2 Å². The van der Waals surface area contributed by atoms with Crippen LogP contribution in [0.25, 0.3) is 0 Å². The van der Waals surface area contributed by atoms with Crippen molar-refractivity contribution in [1.29, 1.82) is 0 Å². The molecule has 49 heavy (non-hydrogen) atoms. The van der Waals surface area contributed by atoms with E-state index in [1.807, 2.05) is 0 Å². The van der Waals surface area contributed by atoms with Gasteiger partial charge in [-0.05, 0) is 44.9 Å². The molecule has 0 aromatic carbocycles. The Hall–Kier alpha value is -1.40. The number of unbranched alkanes of at least 4 members (excludes halogenated alkanes) is 24. The van der Waals surface area contributed by atoms with Crippen molar-refractivity contribution in [2.24, 2.45) is 0 Å². The van der Waals surface area contributed by atoms with E-state index >= 15 is 0 Å². The predicted octanol–water partition coefficient (Wildman–Crippen LogP) is 11.8. The van der Waals surface area contributed by atoms with Crippen LogP contribution >= 0.6 is 0 Å². The van der Waals surface area contributed by atoms with Crippen molar-refractivity contribution in [3.63, 3.8) is 0 Å². The summed E-state index contributed by atoms with van der Waals surface area (Å²) in [7, 11) is 0. The van der Waals surface area contributed by atoms with Gasteiger partial charge in [-0.3, -0.25) is 9.59 Å². The van der Waals surface area contributed by atoms with Crippen molar-refractivity contribution in [3.05, 3.63) is 12.2 Å². The molecule has 0 saturated carbocycles. The third kappa shape index (κ3) is 33.5. The highest BCUT2D eigenvalue weighted by Crippen LogP contribution is 2.17. The molecule has 0 radical (unpaired) electrons. The molecular formula is C43H83NO5. The Kier molecular flexibility index (Phi) is 36.8. The topological polar surface area (TPSA) is 95.9 Å². The van der Waals surface area contributed by atoms with Crippen LogP contribution in [0.1, 0.15) is 226 Å². The minimum atomic E-state index is -0.779. The Balaban J connectivity index is 4.54. The summed E-state index contributed by atoms with van der Waals surface area (Å²) in [5.74, 6) is -0.481. The molecule has 0 aliphatic rings. The van der Waals surface area contributed by atoms with Crippen molar-refractivity contribution in [2.75, 3.05) is 6.61 Å². The van der Waals surface area contributed by atoms with E-state index in [9.17, 15) is 19.8 Å². The Morgan fingerprint density at radius 2 is 1.02 bits per heavy atom. The van der Waals surface area contributed by atoms with E-state index in [1.54, 1.807) is 0 Å². The lowest BCUT2D eigenvalue weighted by molar-refractivity contribution is -0.151. The summed E-state index contributed by atoms with van der Waals surface area (Å²) in [5, 5.41) is 23.5. The van der Waals surface area contributed by atoms with Gasteiger partial charge >= 0.3 is 5.97 Å². The maximum Gasteiger partial charge on any atom is 0.306 e. The van der Waals surface area contributed by atoms with Crippen molar-refractivity contribution in [2.45, 2.75) is 244 Å². The molecule has 6 heteroatoms. The molecule has 0 saturated heterocycles. The van der Waals surface area contributed by atoms with Crippen LogP contribution in [0.4, 0.5) is 0 Å². The Bertz CT molecular complexity index is 742. The van der Waals surface area contributed by atoms with Crippen molar-refractivity contribution in [3.8, 4) is 0 Å². The molecule has 0 aliphatic carbocycles. The average Bonchev–Trinajstić information content (AvgIpc) is 3.09. The number of rotatable bonds is 38. The standard InChI is InChI=1S/C43H83NO5/c1-4-7-10-13-16-19-21-23-26-29-32-35-41(46)40(38-45)44-42(47)37-39(34-31-28-25-22-18-15-12-9-6-3)49-43(48)36-33-30-27-24-20-17-14-11-8-5-2/h11,14,39-41,45-46H,4-10,12-13,15-38H2,1-3H3,(H,44,47)/b14-11-. The quantitative estimate of drug-likeness (QED) is 0.0340. The first-order valence-electron chi connectivity index (χ1n) is 21.4. The SMILES string of the molecule is CCC/C=C\CCCCCCCC(=O)OC(CCCCCCCCCCC)CC(=O)NC(CO)C(O)CCCCCCCCCCCCC. The number of carbonyl (C=O) groups excluding carboxylic acids is 2. The van der Waals surface area contributed by atoms with Gasteiger partial charge in [0.25, 0.3) is 0 Å². The number of ether oxygens (including phenoxy) is 1. The largest absolute Gasteiger partial charge is 0.462 e. The number of carbonyl (C=O) groups is 2. The molecule has 0 fully saturated rings. The number of hydrogen-bond donors (Lipinski definition) is 3. The highest BCUT2D eigenvalue weighted by molar-refractivity contribution is 5.77. The van der Waals surface area contributed by atoms with Gasteiger partial charge in [0, 0.05) is 6.42 Å². The van der Waals surface area contributed by atoms with E-state index in [-0.39, 0.29) is 24.9 Å². The molecule has 3 N–H and O–H groups in total. The van der Waals surface area contributed by atoms with Gasteiger partial charge in [-0.15, -0.1) is 0 Å². The van der Waals surface area contributed by atoms with Gasteiger partial charge in [-0.1, -0.05) is 181 Å². The van der Waals surface area contributed by atoms with Crippen LogP contribution in [0.3, 0.4) is 0 Å². The van der Waals surface area contributed by atoms with Crippen molar-refractivity contribution >= 4 is 11.9 Å². The Labute approximate surface area is 304 Å². The van der Waals surface area contributed by atoms with E-state index in [0.29, 0.717) is 19.3 Å². The molecule has 0 bridgehead atoms. The van der Waals surface area contributed by atoms with Gasteiger partial charge in [0.2, 0.25) is 5.91 Å². The summed E-state index contributed by atoms with van der Waals surface area (Å²) in [6.45, 7) is 6.39. The normalized spacial score (nSPS) is 13.5. The predicted molar refractivity (Wildman–Crippen MR) is 209 cm³/mol. The molecule has 0 aromatic rings. The zero-order chi connectivity index (χ0) is 36.0. The Morgan fingerprint density at radius 1 is 0.571 bits per heavy atom. The summed E-state index contributed by atoms with van der Waals surface area (Å²) >= 11 is 0. The van der Waals surface area contributed by atoms with Crippen LogP contribution in [-0.4, -0.2) is 46.9 Å². The van der Waals surface area contributed by atoms with Crippen LogP contribution in [-0.2, 0) is 14.3 Å². The van der Waals surface area contributed by atoms with Crippen LogP contribution in [0.5, 0.6) is 0 Å². The number of amides is 1. The van der Waals surface area contributed by atoms with Gasteiger partial charge in [0.15, 0.2) is 0 Å². The molecule has 1 amide bonds. The lowest BCUT2D eigenvalue weighted by Gasteiger charge is -2.24. The smallest absolute Gasteiger partial charge is 0.306 e. The fourth-order valence-electron chi connectivity index (χ4n) is 6.55. The zero-order valence-electron chi connectivity index (χ0n) is 32.8. The second-order valence-corrected chi connectivity index (χ2v) is 14.7. The minimum absolute atomic E-state index is 0.0793. The van der Waals surface area contributed by atoms with E-state index in [2.05, 4.69) is 38.2 Å². The first kappa shape index (κ1) is 47.6. The van der Waals surface area contributed by atoms with Crippen LogP contribution in [0.15, 0.2) is 12.2 Å². The molecule has 0 aliphatic heterocycles. The molecule has 0 spiro atoms. The second-order valence-electron chi connectivity index (χ2n) is 14.7. The molecule has 3 unspecified atom stereocenters. The maximum absolute atomic E-state index is 13.0. The third-order valence-electron chi connectivity index (χ3n) is 9.83. The molecule has 290 valence electrons. The fourth-order valence-corrected chi connectivity index (χ4v) is 6.55. The van der Waals surface area contributed by atoms with E-state index in [4.69, 9.17) is 4.74 Å². The monoisotopic (exact) mass is 694 g/mol. The summed E-state index contributed by atoms with van der Waals surface area (Å²) in [6, 6.07) is -0.693. The van der Waals surface area contributed by atoms with Crippen LogP contribution in [0.2, 0.25) is 0 Å². The highest BCUT2D eigenvalue weighted by Gasteiger charge is 2.24. The van der Waals surface area contributed by atoms with Gasteiger partial charge in [-0.2, -0.15) is 0 Å². The molecule has 0 aromatic heterocycles. The minimum Gasteiger partial charge on any atom is -0.462 e. The summed E-state index contributed by atoms with van der Waals surface area (Å²) < 4.78 is 5.86. The van der Waals surface area contributed by atoms with Gasteiger partial charge in [-0.25, -0.2) is 0 Å². The lowest BCUT2D eigenvalue weighted by atomic mass is 10.0. The van der Waals surface area contributed by atoms with Crippen LogP contribution < -0.4 is 5.32 Å². The lowest BCUT2D eigenvalue weighted by Crippen LogP contribution is -2.46. The maximum atomic E-state index is 13.0. The molecule has 0 heterocycles. The van der Waals surface area contributed by atoms with E-state index in [1.165, 1.54) is 122 Å². The zero-order valence-corrected chi connectivity index (χ0v) is 32.8. The summed E-state index contributed by atoms with van der Waals surface area (Å²) in [6.07, 6.45) is 38.4. The summed E-state index contributed by atoms with van der Waals surface area (Å²) in [5.41, 5.74) is 0. The molecular weight excluding hydrogens is 610 g/mol. The molecule has 3 atom stereocenters. The average molecular weight is 694 g/mol. The second kappa shape index (κ2) is 37.8. The Morgan fingerprint density at radius 3 is 1.53 bits per heavy atom. The third-order valence-corrected chi connectivity index (χ3v) is 9.83. The van der Waals surface area contributed by atoms with Crippen molar-refractivity contribution in [1.82, 2.24) is 5.32 Å². The highest BCUT2D eigenvalue weighted by atomic mass is 16.5. The first-order valence-corrected chi connectivity index (χ1v) is 21.4. The van der Waals surface area contributed by atoms with Gasteiger partial charge < -0.3 is 20.3 Å². The molecule has 6 nitrogen and oxygen atoms in total. The van der Waals surface area contributed by atoms with E-state index in [0.717, 1.165) is 57.8 Å². The number of esters is 1. The first-order chi connectivity index (χ1) is 24.0. The van der Waals surface area contributed by atoms with Gasteiger partial charge in [0.1, 0.15) is 6.10 Å². The van der Waals surface area contributed by atoms with Gasteiger partial charge in [0.05, 0.1) is 25.2 Å². The van der Waals surface area contributed by atoms with Crippen molar-refractivity contribution < 1.29 is 24.5 Å². The fraction of sp³-hybridized carbons (Fsp3) is 0.907. The number of nitrogens with one attached hydrogen (secondary N) is 1. The number of hydrogen-bond acceptors (Lipinski definition) is 5. The summed E-state index contributed by atoms with van der Waals surface area (Å²) in [4.78, 5) is 25.8.